The first-order valence-corrected chi connectivity index (χ1v) is 10.0. The summed E-state index contributed by atoms with van der Waals surface area (Å²) in [5.41, 5.74) is 1.15. The van der Waals surface area contributed by atoms with Crippen molar-refractivity contribution in [2.45, 2.75) is 31.4 Å². The highest BCUT2D eigenvalue weighted by molar-refractivity contribution is 5.55. The van der Waals surface area contributed by atoms with Gasteiger partial charge in [0.05, 0.1) is 12.8 Å². The van der Waals surface area contributed by atoms with Gasteiger partial charge in [0, 0.05) is 37.7 Å². The molecule has 148 valence electrons. The SMILES string of the molecule is COc1cc(CN2C[C@H]3CCC[C@@H](C2)C3(O)c2ccccn2)cc2c1OCO2. The number of benzene rings is 1. The number of aliphatic hydroxyl groups is 1. The van der Waals surface area contributed by atoms with Crippen LogP contribution in [0.2, 0.25) is 0 Å². The molecule has 1 unspecified atom stereocenters. The van der Waals surface area contributed by atoms with Crippen LogP contribution in [0.5, 0.6) is 17.2 Å². The van der Waals surface area contributed by atoms with Crippen LogP contribution in [0.15, 0.2) is 36.5 Å². The van der Waals surface area contributed by atoms with Gasteiger partial charge >= 0.3 is 0 Å². The minimum Gasteiger partial charge on any atom is -0.493 e. The molecule has 1 aromatic heterocycles. The minimum atomic E-state index is -0.817. The Morgan fingerprint density at radius 1 is 1.21 bits per heavy atom. The van der Waals surface area contributed by atoms with Crippen LogP contribution in [0, 0.1) is 11.8 Å². The molecule has 6 heteroatoms. The summed E-state index contributed by atoms with van der Waals surface area (Å²) in [5, 5.41) is 11.7. The third kappa shape index (κ3) is 2.83. The molecule has 1 aromatic carbocycles. The lowest BCUT2D eigenvalue weighted by molar-refractivity contribution is -0.151. The van der Waals surface area contributed by atoms with E-state index in [0.29, 0.717) is 11.5 Å². The fourth-order valence-electron chi connectivity index (χ4n) is 5.22. The lowest BCUT2D eigenvalue weighted by Crippen LogP contribution is -2.58. The third-order valence-corrected chi connectivity index (χ3v) is 6.51. The van der Waals surface area contributed by atoms with Gasteiger partial charge in [-0.2, -0.15) is 0 Å². The van der Waals surface area contributed by atoms with E-state index < -0.39 is 5.60 Å². The molecule has 6 nitrogen and oxygen atoms in total. The van der Waals surface area contributed by atoms with Crippen LogP contribution in [-0.2, 0) is 12.1 Å². The van der Waals surface area contributed by atoms with Crippen molar-refractivity contribution >= 4 is 0 Å². The number of hydrogen-bond donors (Lipinski definition) is 1. The Morgan fingerprint density at radius 3 is 2.75 bits per heavy atom. The van der Waals surface area contributed by atoms with E-state index in [2.05, 4.69) is 9.88 Å². The molecule has 5 rings (SSSR count). The van der Waals surface area contributed by atoms with E-state index in [1.165, 1.54) is 6.42 Å². The molecule has 1 saturated heterocycles. The van der Waals surface area contributed by atoms with Gasteiger partial charge in [-0.25, -0.2) is 0 Å². The van der Waals surface area contributed by atoms with Gasteiger partial charge in [0.25, 0.3) is 0 Å². The molecule has 1 saturated carbocycles. The van der Waals surface area contributed by atoms with E-state index in [0.717, 1.165) is 49.5 Å². The highest BCUT2D eigenvalue weighted by atomic mass is 16.7. The number of aromatic nitrogens is 1. The second-order valence-corrected chi connectivity index (χ2v) is 8.09. The molecule has 1 aliphatic carbocycles. The van der Waals surface area contributed by atoms with Crippen LogP contribution in [-0.4, -0.2) is 42.0 Å². The van der Waals surface area contributed by atoms with Gasteiger partial charge in [0.15, 0.2) is 11.5 Å². The first-order valence-electron chi connectivity index (χ1n) is 10.0. The first kappa shape index (κ1) is 17.8. The van der Waals surface area contributed by atoms with Crippen molar-refractivity contribution in [1.29, 1.82) is 0 Å². The van der Waals surface area contributed by atoms with Crippen molar-refractivity contribution < 1.29 is 19.3 Å². The monoisotopic (exact) mass is 382 g/mol. The topological polar surface area (TPSA) is 64.1 Å². The molecule has 28 heavy (non-hydrogen) atoms. The molecule has 2 bridgehead atoms. The Hall–Kier alpha value is -2.31. The maximum absolute atomic E-state index is 11.7. The molecule has 3 aliphatic rings. The largest absolute Gasteiger partial charge is 0.493 e. The molecular formula is C22H26N2O4. The fourth-order valence-corrected chi connectivity index (χ4v) is 5.22. The van der Waals surface area contributed by atoms with Gasteiger partial charge in [-0.15, -0.1) is 0 Å². The van der Waals surface area contributed by atoms with E-state index >= 15 is 0 Å². The Balaban J connectivity index is 1.39. The summed E-state index contributed by atoms with van der Waals surface area (Å²) in [6.07, 6.45) is 5.03. The van der Waals surface area contributed by atoms with Crippen molar-refractivity contribution in [3.63, 3.8) is 0 Å². The van der Waals surface area contributed by atoms with E-state index in [-0.39, 0.29) is 18.6 Å². The van der Waals surface area contributed by atoms with Gasteiger partial charge in [-0.05, 0) is 42.7 Å². The summed E-state index contributed by atoms with van der Waals surface area (Å²) < 4.78 is 16.5. The Labute approximate surface area is 165 Å². The van der Waals surface area contributed by atoms with Gasteiger partial charge in [-0.3, -0.25) is 9.88 Å². The molecule has 2 fully saturated rings. The third-order valence-electron chi connectivity index (χ3n) is 6.51. The molecule has 2 aromatic rings. The van der Waals surface area contributed by atoms with Crippen molar-refractivity contribution in [2.75, 3.05) is 27.0 Å². The molecule has 0 spiro atoms. The summed E-state index contributed by atoms with van der Waals surface area (Å²) in [7, 11) is 1.65. The molecule has 1 N–H and O–H groups in total. The maximum Gasteiger partial charge on any atom is 0.231 e. The molecule has 0 amide bonds. The number of nitrogens with zero attached hydrogens (tertiary/aromatic N) is 2. The Kier molecular flexibility index (Phi) is 4.40. The zero-order chi connectivity index (χ0) is 19.1. The van der Waals surface area contributed by atoms with E-state index in [9.17, 15) is 5.11 Å². The van der Waals surface area contributed by atoms with Crippen LogP contribution in [0.3, 0.4) is 0 Å². The normalized spacial score (nSPS) is 28.9. The summed E-state index contributed by atoms with van der Waals surface area (Å²) in [6.45, 7) is 2.76. The summed E-state index contributed by atoms with van der Waals surface area (Å²) in [4.78, 5) is 6.96. The molecule has 0 radical (unpaired) electrons. The minimum absolute atomic E-state index is 0.200. The van der Waals surface area contributed by atoms with Crippen LogP contribution >= 0.6 is 0 Å². The number of piperidine rings is 1. The van der Waals surface area contributed by atoms with Gasteiger partial charge in [0.1, 0.15) is 5.60 Å². The predicted octanol–water partition coefficient (Wildman–Crippen LogP) is 2.94. The van der Waals surface area contributed by atoms with Gasteiger partial charge in [0.2, 0.25) is 12.5 Å². The maximum atomic E-state index is 11.7. The predicted molar refractivity (Wildman–Crippen MR) is 103 cm³/mol. The number of pyridine rings is 1. The lowest BCUT2D eigenvalue weighted by atomic mass is 9.64. The zero-order valence-corrected chi connectivity index (χ0v) is 16.1. The highest BCUT2D eigenvalue weighted by Gasteiger charge is 2.52. The molecule has 2 aliphatic heterocycles. The zero-order valence-electron chi connectivity index (χ0n) is 16.1. The second kappa shape index (κ2) is 6.94. The van der Waals surface area contributed by atoms with Crippen LogP contribution in [0.25, 0.3) is 0 Å². The quantitative estimate of drug-likeness (QED) is 0.877. The van der Waals surface area contributed by atoms with Gasteiger partial charge in [-0.1, -0.05) is 12.5 Å². The lowest BCUT2D eigenvalue weighted by Gasteiger charge is -2.52. The molecule has 3 atom stereocenters. The van der Waals surface area contributed by atoms with Crippen LogP contribution < -0.4 is 14.2 Å². The van der Waals surface area contributed by atoms with E-state index in [1.54, 1.807) is 13.3 Å². The average molecular weight is 382 g/mol. The number of hydrogen-bond acceptors (Lipinski definition) is 6. The summed E-state index contributed by atoms with van der Waals surface area (Å²) in [5.74, 6) is 2.55. The Morgan fingerprint density at radius 2 is 2.04 bits per heavy atom. The number of likely N-dealkylation sites (tertiary alicyclic amines) is 1. The molecule has 3 heterocycles. The fraction of sp³-hybridized carbons (Fsp3) is 0.500. The van der Waals surface area contributed by atoms with Crippen LogP contribution in [0.1, 0.15) is 30.5 Å². The average Bonchev–Trinajstić information content (AvgIpc) is 3.17. The van der Waals surface area contributed by atoms with Crippen LogP contribution in [0.4, 0.5) is 0 Å². The summed E-state index contributed by atoms with van der Waals surface area (Å²) in [6, 6.07) is 9.93. The van der Waals surface area contributed by atoms with Gasteiger partial charge < -0.3 is 19.3 Å². The Bertz CT molecular complexity index is 843. The highest BCUT2D eigenvalue weighted by Crippen LogP contribution is 2.49. The standard InChI is InChI=1S/C22H26N2O4/c1-26-18-9-15(10-19-21(18)28-14-27-19)11-24-12-16-5-4-6-17(13-24)22(16,25)20-7-2-3-8-23-20/h2-3,7-10,16-17,25H,4-6,11-14H2,1H3/t16-,17+,22?. The van der Waals surface area contributed by atoms with Crippen molar-refractivity contribution in [2.24, 2.45) is 11.8 Å². The number of rotatable bonds is 4. The van der Waals surface area contributed by atoms with Crippen molar-refractivity contribution in [3.8, 4) is 17.2 Å². The molecular weight excluding hydrogens is 356 g/mol. The van der Waals surface area contributed by atoms with E-state index in [1.807, 2.05) is 30.3 Å². The summed E-state index contributed by atoms with van der Waals surface area (Å²) >= 11 is 0. The first-order chi connectivity index (χ1) is 13.7. The smallest absolute Gasteiger partial charge is 0.231 e. The van der Waals surface area contributed by atoms with Crippen molar-refractivity contribution in [1.82, 2.24) is 9.88 Å². The second-order valence-electron chi connectivity index (χ2n) is 8.09. The number of methoxy groups -OCH3 is 1. The number of ether oxygens (including phenoxy) is 3. The van der Waals surface area contributed by atoms with E-state index in [4.69, 9.17) is 14.2 Å². The van der Waals surface area contributed by atoms with Crippen molar-refractivity contribution in [3.05, 3.63) is 47.8 Å². The number of fused-ring (bicyclic) bond motifs is 3.